The maximum atomic E-state index is 11.3. The van der Waals surface area contributed by atoms with Gasteiger partial charge in [0.25, 0.3) is 0 Å². The molecule has 0 radical (unpaired) electrons. The van der Waals surface area contributed by atoms with Gasteiger partial charge in [-0.2, -0.15) is 0 Å². The summed E-state index contributed by atoms with van der Waals surface area (Å²) in [5.41, 5.74) is 19.3. The molecule has 53 heavy (non-hydrogen) atoms. The smallest absolute Gasteiger partial charge is 0.518 e. The van der Waals surface area contributed by atoms with Crippen LogP contribution in [0.1, 0.15) is 205 Å². The van der Waals surface area contributed by atoms with Crippen molar-refractivity contribution in [2.24, 2.45) is 0 Å². The van der Waals surface area contributed by atoms with Crippen LogP contribution in [0.15, 0.2) is 72.3 Å². The van der Waals surface area contributed by atoms with Crippen LogP contribution >= 0.6 is 0 Å². The molecule has 0 saturated heterocycles. The summed E-state index contributed by atoms with van der Waals surface area (Å²) >= 11 is 0. The first-order chi connectivity index (χ1) is 25.5. The Balaban J connectivity index is 0.000000971. The molecule has 1 heterocycles. The number of hydrogen-bond donors (Lipinski definition) is 0. The minimum Gasteiger partial charge on any atom is -0.518 e. The Labute approximate surface area is 343 Å². The number of unbranched alkanes of at least 4 members (excludes halogenated alkanes) is 17. The monoisotopic (exact) mass is 813 g/mol. The number of allylic oxidation sites excluding steroid dienone is 4. The van der Waals surface area contributed by atoms with Crippen LogP contribution in [0.3, 0.4) is 0 Å². The predicted molar refractivity (Wildman–Crippen MR) is 231 cm³/mol. The first kappa shape index (κ1) is 50.7. The summed E-state index contributed by atoms with van der Waals surface area (Å²) in [5, 5.41) is 0. The summed E-state index contributed by atoms with van der Waals surface area (Å²) in [4.78, 5) is 0. The van der Waals surface area contributed by atoms with Crippen LogP contribution in [-0.2, 0) is 33.3 Å². The summed E-state index contributed by atoms with van der Waals surface area (Å²) in [6.45, 7) is 21.7. The van der Waals surface area contributed by atoms with E-state index in [1.807, 2.05) is 0 Å². The summed E-state index contributed by atoms with van der Waals surface area (Å²) in [7, 11) is 0. The zero-order chi connectivity index (χ0) is 38.1. The van der Waals surface area contributed by atoms with E-state index < -0.39 is 0 Å². The molecular weight excluding hydrogens is 735 g/mol. The Kier molecular flexibility index (Phi) is 33.8. The maximum absolute atomic E-state index is 11.3. The summed E-state index contributed by atoms with van der Waals surface area (Å²) in [5.74, 6) is 0. The molecule has 3 rings (SSSR count). The molecule has 2 aromatic rings. The molecule has 2 aromatic carbocycles. The number of rotatable bonds is 27. The molecule has 0 unspecified atom stereocenters. The fraction of sp³-hybridized carbons (Fsp3) is 0.600. The minimum absolute atomic E-state index is 0. The fourth-order valence-electron chi connectivity index (χ4n) is 6.58. The van der Waals surface area contributed by atoms with Crippen LogP contribution < -0.4 is 0 Å². The zero-order valence-corrected chi connectivity index (χ0v) is 36.4. The van der Waals surface area contributed by atoms with Crippen molar-refractivity contribution >= 4 is 11.4 Å². The molecule has 0 spiro atoms. The van der Waals surface area contributed by atoms with Gasteiger partial charge >= 0.3 is 20.4 Å². The molecule has 0 aliphatic carbocycles. The Hall–Kier alpha value is -2.34. The SMILES string of the molecule is CCCCC1=C(c2cccc(CCCC)c2)[N+](=[N-])C(c2cccc(CCCC)c2)=C1.[CH-]=CCCCCCCCCC.[CH-]=CCCCCCCCCC.[Pd+2]. The molecule has 0 aromatic heterocycles. The van der Waals surface area contributed by atoms with Gasteiger partial charge in [0.05, 0.1) is 0 Å². The second-order valence-electron chi connectivity index (χ2n) is 14.7. The summed E-state index contributed by atoms with van der Waals surface area (Å²) < 4.78 is 1.43. The largest absolute Gasteiger partial charge is 2.00 e. The van der Waals surface area contributed by atoms with E-state index in [2.05, 4.69) is 89.2 Å². The Bertz CT molecular complexity index is 1260. The van der Waals surface area contributed by atoms with Crippen molar-refractivity contribution in [3.63, 3.8) is 0 Å². The average Bonchev–Trinajstić information content (AvgIpc) is 3.51. The van der Waals surface area contributed by atoms with Crippen molar-refractivity contribution < 1.29 is 25.1 Å². The predicted octanol–water partition coefficient (Wildman–Crippen LogP) is 16.6. The van der Waals surface area contributed by atoms with Gasteiger partial charge in [0, 0.05) is 22.8 Å². The van der Waals surface area contributed by atoms with E-state index in [-0.39, 0.29) is 20.4 Å². The van der Waals surface area contributed by atoms with E-state index in [0.717, 1.165) is 67.5 Å². The Morgan fingerprint density at radius 1 is 0.509 bits per heavy atom. The molecule has 0 fully saturated rings. The number of nitrogens with zero attached hydrogens (tertiary/aromatic N) is 2. The Morgan fingerprint density at radius 2 is 0.906 bits per heavy atom. The molecule has 0 bridgehead atoms. The van der Waals surface area contributed by atoms with Crippen molar-refractivity contribution in [3.05, 3.63) is 113 Å². The second-order valence-corrected chi connectivity index (χ2v) is 14.7. The van der Waals surface area contributed by atoms with E-state index in [1.54, 1.807) is 12.2 Å². The van der Waals surface area contributed by atoms with E-state index >= 15 is 0 Å². The van der Waals surface area contributed by atoms with Gasteiger partial charge in [-0.05, 0) is 73.9 Å². The maximum Gasteiger partial charge on any atom is 2.00 e. The van der Waals surface area contributed by atoms with E-state index in [0.29, 0.717) is 0 Å². The standard InChI is InChI=1S/C28H36N2.2C11H21.Pd/c1-4-7-12-22-14-10-17-24(19-22)27-21-26(16-9-6-3)28(30(27)29)25-18-11-15-23(20-25)13-8-5-2;2*1-3-5-7-9-11-10-8-6-4-2;/h10-11,14-15,17-21H,4-9,12-13,16H2,1-3H3;2*1,3H,4-11H2,2H3;/q;2*-1;+2. The first-order valence-corrected chi connectivity index (χ1v) is 21.7. The fourth-order valence-corrected chi connectivity index (χ4v) is 6.58. The molecule has 1 aliphatic rings. The van der Waals surface area contributed by atoms with Crippen LogP contribution in [0, 0.1) is 13.2 Å². The molecule has 1 aliphatic heterocycles. The number of benzene rings is 2. The van der Waals surface area contributed by atoms with Crippen molar-refractivity contribution in [2.45, 2.75) is 195 Å². The van der Waals surface area contributed by atoms with Gasteiger partial charge in [0.2, 0.25) is 11.4 Å². The van der Waals surface area contributed by atoms with Gasteiger partial charge in [0.15, 0.2) is 0 Å². The normalized spacial score (nSPS) is 11.9. The average molecular weight is 814 g/mol. The van der Waals surface area contributed by atoms with Crippen LogP contribution in [0.2, 0.25) is 0 Å². The van der Waals surface area contributed by atoms with Crippen LogP contribution in [0.5, 0.6) is 0 Å². The third kappa shape index (κ3) is 23.2. The van der Waals surface area contributed by atoms with E-state index in [9.17, 15) is 5.53 Å². The molecule has 3 heteroatoms. The zero-order valence-electron chi connectivity index (χ0n) is 34.9. The van der Waals surface area contributed by atoms with Gasteiger partial charge in [-0.1, -0.05) is 181 Å². The molecule has 0 N–H and O–H groups in total. The van der Waals surface area contributed by atoms with Crippen molar-refractivity contribution in [1.29, 1.82) is 0 Å². The van der Waals surface area contributed by atoms with E-state index in [1.165, 1.54) is 137 Å². The van der Waals surface area contributed by atoms with Gasteiger partial charge in [0.1, 0.15) is 0 Å². The summed E-state index contributed by atoms with van der Waals surface area (Å²) in [6.07, 6.45) is 37.4. The molecule has 0 amide bonds. The van der Waals surface area contributed by atoms with Gasteiger partial charge in [-0.3, -0.25) is 12.2 Å². The number of hydrogen-bond acceptors (Lipinski definition) is 0. The number of aryl methyl sites for hydroxylation is 2. The molecule has 2 nitrogen and oxygen atoms in total. The second kappa shape index (κ2) is 35.4. The first-order valence-electron chi connectivity index (χ1n) is 21.7. The van der Waals surface area contributed by atoms with E-state index in [4.69, 9.17) is 13.2 Å². The van der Waals surface area contributed by atoms with Crippen molar-refractivity contribution in [1.82, 2.24) is 0 Å². The minimum atomic E-state index is 0. The topological polar surface area (TPSA) is 25.3 Å². The Morgan fingerprint density at radius 3 is 1.36 bits per heavy atom. The molecule has 298 valence electrons. The van der Waals surface area contributed by atoms with Crippen LogP contribution in [0.4, 0.5) is 0 Å². The van der Waals surface area contributed by atoms with Gasteiger partial charge in [-0.15, -0.1) is 0 Å². The van der Waals surface area contributed by atoms with Crippen molar-refractivity contribution in [2.75, 3.05) is 0 Å². The molecule has 0 atom stereocenters. The van der Waals surface area contributed by atoms with Gasteiger partial charge in [-0.25, -0.2) is 4.70 Å². The van der Waals surface area contributed by atoms with Crippen molar-refractivity contribution in [3.8, 4) is 0 Å². The van der Waals surface area contributed by atoms with Crippen LogP contribution in [0.25, 0.3) is 16.9 Å². The molecule has 0 saturated carbocycles. The molecular formula is C50H78N2Pd. The van der Waals surface area contributed by atoms with Gasteiger partial charge < -0.3 is 18.7 Å². The third-order valence-electron chi connectivity index (χ3n) is 9.86. The third-order valence-corrected chi connectivity index (χ3v) is 9.86. The van der Waals surface area contributed by atoms with Crippen LogP contribution in [-0.4, -0.2) is 4.70 Å². The quantitative estimate of drug-likeness (QED) is 0.0372. The summed E-state index contributed by atoms with van der Waals surface area (Å²) in [6, 6.07) is 17.4.